The third-order valence-electron chi connectivity index (χ3n) is 2.39. The number of carboxylic acid groups (broad SMARTS) is 1. The van der Waals surface area contributed by atoms with Crippen LogP contribution in [0.15, 0.2) is 5.11 Å². The largest absolute Gasteiger partial charge is 0.480 e. The maximum absolute atomic E-state index is 10.4. The van der Waals surface area contributed by atoms with Gasteiger partial charge >= 0.3 is 5.97 Å². The van der Waals surface area contributed by atoms with Crippen LogP contribution in [0.4, 0.5) is 0 Å². The average molecular weight is 323 g/mol. The van der Waals surface area contributed by atoms with Gasteiger partial charge in [-0.3, -0.25) is 0 Å². The van der Waals surface area contributed by atoms with Crippen molar-refractivity contribution in [2.75, 3.05) is 46.2 Å². The van der Waals surface area contributed by atoms with Crippen molar-refractivity contribution >= 4 is 5.97 Å². The van der Waals surface area contributed by atoms with E-state index in [1.54, 1.807) is 0 Å². The topological polar surface area (TPSA) is 174 Å². The number of aliphatic carboxylic acids is 1. The van der Waals surface area contributed by atoms with Crippen molar-refractivity contribution in [1.29, 1.82) is 0 Å². The highest BCUT2D eigenvalue weighted by Crippen LogP contribution is 2.04. The summed E-state index contributed by atoms with van der Waals surface area (Å²) in [5.41, 5.74) is 8.20. The van der Waals surface area contributed by atoms with Crippen LogP contribution in [0.1, 0.15) is 0 Å². The van der Waals surface area contributed by atoms with Gasteiger partial charge in [0.1, 0.15) is 18.8 Å². The van der Waals surface area contributed by atoms with E-state index in [4.69, 9.17) is 40.2 Å². The van der Waals surface area contributed by atoms with Gasteiger partial charge in [-0.1, -0.05) is 5.11 Å². The van der Waals surface area contributed by atoms with E-state index < -0.39 is 44.1 Å². The summed E-state index contributed by atoms with van der Waals surface area (Å²) in [6.45, 7) is -2.14. The first-order chi connectivity index (χ1) is 10.6. The van der Waals surface area contributed by atoms with Crippen LogP contribution in [0.5, 0.6) is 0 Å². The van der Waals surface area contributed by atoms with Crippen LogP contribution in [-0.4, -0.2) is 90.9 Å². The van der Waals surface area contributed by atoms with E-state index in [9.17, 15) is 4.79 Å². The molecule has 128 valence electrons. The molecule has 0 spiro atoms. The summed E-state index contributed by atoms with van der Waals surface area (Å²) < 4.78 is 15.5. The van der Waals surface area contributed by atoms with Crippen molar-refractivity contribution in [3.05, 3.63) is 10.4 Å². The number of nitrogens with zero attached hydrogens (tertiary/aromatic N) is 3. The zero-order valence-corrected chi connectivity index (χ0v) is 11.9. The van der Waals surface area contributed by atoms with Crippen LogP contribution in [0.2, 0.25) is 0 Å². The van der Waals surface area contributed by atoms with Gasteiger partial charge in [-0.15, -0.1) is 0 Å². The summed E-state index contributed by atoms with van der Waals surface area (Å²) >= 11 is 0. The van der Waals surface area contributed by atoms with E-state index in [1.165, 1.54) is 0 Å². The Morgan fingerprint density at radius 2 is 1.73 bits per heavy atom. The SMILES string of the molecule is [N-]=[N+]=NCC(CO)OCC(COCC(=O)O)OC(CO)CO. The maximum atomic E-state index is 10.4. The number of hydrogen-bond acceptors (Lipinski definition) is 8. The standard InChI is InChI=1S/C11H21N3O8/c12-14-13-1-8(2-15)21-6-10(5-20-7-11(18)19)22-9(3-16)4-17/h8-10,15-17H,1-7H2,(H,18,19). The van der Waals surface area contributed by atoms with Gasteiger partial charge in [0.25, 0.3) is 0 Å². The summed E-state index contributed by atoms with van der Waals surface area (Å²) in [4.78, 5) is 12.9. The summed E-state index contributed by atoms with van der Waals surface area (Å²) in [6, 6.07) is 0. The molecule has 0 saturated heterocycles. The van der Waals surface area contributed by atoms with Crippen molar-refractivity contribution in [3.63, 3.8) is 0 Å². The molecule has 0 aromatic carbocycles. The number of ether oxygens (including phenoxy) is 3. The summed E-state index contributed by atoms with van der Waals surface area (Å²) in [6.07, 6.45) is -2.39. The number of azide groups is 1. The molecule has 0 amide bonds. The normalized spacial score (nSPS) is 13.6. The van der Waals surface area contributed by atoms with Gasteiger partial charge < -0.3 is 34.6 Å². The van der Waals surface area contributed by atoms with Crippen LogP contribution < -0.4 is 0 Å². The van der Waals surface area contributed by atoms with Gasteiger partial charge in [0.15, 0.2) is 0 Å². The highest BCUT2D eigenvalue weighted by Gasteiger charge is 2.19. The van der Waals surface area contributed by atoms with Gasteiger partial charge in [-0.05, 0) is 5.53 Å². The number of aliphatic hydroxyl groups excluding tert-OH is 3. The van der Waals surface area contributed by atoms with Crippen molar-refractivity contribution in [1.82, 2.24) is 0 Å². The van der Waals surface area contributed by atoms with Crippen LogP contribution in [0.3, 0.4) is 0 Å². The Morgan fingerprint density at radius 1 is 1.09 bits per heavy atom. The van der Waals surface area contributed by atoms with Crippen LogP contribution in [-0.2, 0) is 19.0 Å². The molecular formula is C11H21N3O8. The van der Waals surface area contributed by atoms with Crippen LogP contribution in [0, 0.1) is 0 Å². The molecule has 0 bridgehead atoms. The number of carbonyl (C=O) groups is 1. The van der Waals surface area contributed by atoms with Gasteiger partial charge in [0, 0.05) is 4.91 Å². The molecule has 0 aliphatic heterocycles. The Balaban J connectivity index is 4.41. The molecule has 0 aliphatic rings. The molecule has 0 heterocycles. The van der Waals surface area contributed by atoms with Gasteiger partial charge in [0.2, 0.25) is 0 Å². The van der Waals surface area contributed by atoms with E-state index in [0.29, 0.717) is 0 Å². The third kappa shape index (κ3) is 10.3. The van der Waals surface area contributed by atoms with E-state index in [1.807, 2.05) is 0 Å². The lowest BCUT2D eigenvalue weighted by Gasteiger charge is -2.24. The predicted molar refractivity (Wildman–Crippen MR) is 72.1 cm³/mol. The minimum Gasteiger partial charge on any atom is -0.480 e. The molecule has 2 unspecified atom stereocenters. The molecule has 0 aromatic rings. The maximum Gasteiger partial charge on any atom is 0.329 e. The van der Waals surface area contributed by atoms with Crippen LogP contribution in [0.25, 0.3) is 10.4 Å². The van der Waals surface area contributed by atoms with E-state index >= 15 is 0 Å². The molecule has 0 saturated carbocycles. The Morgan fingerprint density at radius 3 is 2.23 bits per heavy atom. The summed E-state index contributed by atoms with van der Waals surface area (Å²) in [5, 5.41) is 38.8. The molecule has 22 heavy (non-hydrogen) atoms. The smallest absolute Gasteiger partial charge is 0.329 e. The lowest BCUT2D eigenvalue weighted by atomic mass is 10.3. The fourth-order valence-electron chi connectivity index (χ4n) is 1.35. The Labute approximate surface area is 126 Å². The molecule has 0 fully saturated rings. The quantitative estimate of drug-likeness (QED) is 0.170. The minimum atomic E-state index is -1.16. The second-order valence-electron chi connectivity index (χ2n) is 4.21. The predicted octanol–water partition coefficient (Wildman–Crippen LogP) is -1.49. The van der Waals surface area contributed by atoms with Gasteiger partial charge in [-0.25, -0.2) is 4.79 Å². The molecule has 0 radical (unpaired) electrons. The molecular weight excluding hydrogens is 302 g/mol. The number of rotatable bonds is 14. The van der Waals surface area contributed by atoms with Gasteiger partial charge in [-0.2, -0.15) is 0 Å². The molecule has 0 aromatic heterocycles. The lowest BCUT2D eigenvalue weighted by molar-refractivity contribution is -0.150. The highest BCUT2D eigenvalue weighted by atomic mass is 16.6. The van der Waals surface area contributed by atoms with E-state index in [-0.39, 0.29) is 26.4 Å². The molecule has 0 aliphatic carbocycles. The number of aliphatic hydroxyl groups is 3. The molecule has 4 N–H and O–H groups in total. The Kier molecular flexibility index (Phi) is 12.3. The molecule has 2 atom stereocenters. The lowest BCUT2D eigenvalue weighted by Crippen LogP contribution is -2.36. The van der Waals surface area contributed by atoms with Gasteiger partial charge in [0.05, 0.1) is 45.7 Å². The first kappa shape index (κ1) is 20.5. The monoisotopic (exact) mass is 323 g/mol. The fraction of sp³-hybridized carbons (Fsp3) is 0.909. The molecule has 11 nitrogen and oxygen atoms in total. The van der Waals surface area contributed by atoms with Crippen molar-refractivity contribution in [2.24, 2.45) is 5.11 Å². The Hall–Kier alpha value is -1.46. The van der Waals surface area contributed by atoms with Crippen molar-refractivity contribution in [3.8, 4) is 0 Å². The summed E-state index contributed by atoms with van der Waals surface area (Å²) in [7, 11) is 0. The summed E-state index contributed by atoms with van der Waals surface area (Å²) in [5.74, 6) is -1.16. The first-order valence-corrected chi connectivity index (χ1v) is 6.47. The number of carboxylic acids is 1. The third-order valence-corrected chi connectivity index (χ3v) is 2.39. The fourth-order valence-corrected chi connectivity index (χ4v) is 1.35. The molecule has 0 rings (SSSR count). The molecule has 11 heteroatoms. The van der Waals surface area contributed by atoms with Crippen molar-refractivity contribution < 1.29 is 39.4 Å². The average Bonchev–Trinajstić information content (AvgIpc) is 2.51. The minimum absolute atomic E-state index is 0.0842. The second-order valence-corrected chi connectivity index (χ2v) is 4.21. The first-order valence-electron chi connectivity index (χ1n) is 6.47. The van der Waals surface area contributed by atoms with Crippen molar-refractivity contribution in [2.45, 2.75) is 18.3 Å². The second kappa shape index (κ2) is 13.2. The van der Waals surface area contributed by atoms with E-state index in [0.717, 1.165) is 0 Å². The van der Waals surface area contributed by atoms with E-state index in [2.05, 4.69) is 10.0 Å². The number of hydrogen-bond donors (Lipinski definition) is 4. The zero-order valence-electron chi connectivity index (χ0n) is 11.9. The zero-order chi connectivity index (χ0) is 16.8. The van der Waals surface area contributed by atoms with Crippen LogP contribution >= 0.6 is 0 Å². The highest BCUT2D eigenvalue weighted by molar-refractivity contribution is 5.67. The Bertz CT molecular complexity index is 346.